The molecule has 0 saturated heterocycles. The lowest BCUT2D eigenvalue weighted by atomic mass is 10.0. The normalized spacial score (nSPS) is 15.7. The number of nitrogens with zero attached hydrogens (tertiary/aromatic N) is 2. The van der Waals surface area contributed by atoms with Crippen LogP contribution in [0.1, 0.15) is 26.0 Å². The van der Waals surface area contributed by atoms with Crippen LogP contribution in [-0.4, -0.2) is 14.6 Å². The van der Waals surface area contributed by atoms with Crippen LogP contribution in [0.2, 0.25) is 0 Å². The van der Waals surface area contributed by atoms with Crippen molar-refractivity contribution >= 4 is 15.9 Å². The Morgan fingerprint density at radius 2 is 2.31 bits per heavy atom. The van der Waals surface area contributed by atoms with Crippen molar-refractivity contribution in [1.82, 2.24) is 9.78 Å². The van der Waals surface area contributed by atoms with Gasteiger partial charge in [-0.1, -0.05) is 29.8 Å². The van der Waals surface area contributed by atoms with Crippen molar-refractivity contribution in [2.75, 3.05) is 0 Å². The molecule has 1 rings (SSSR count). The van der Waals surface area contributed by atoms with Crippen LogP contribution in [0.25, 0.3) is 0 Å². The van der Waals surface area contributed by atoms with E-state index in [0.717, 1.165) is 6.42 Å². The van der Waals surface area contributed by atoms with Gasteiger partial charge < -0.3 is 0 Å². The average Bonchev–Trinajstić information content (AvgIpc) is 2.49. The van der Waals surface area contributed by atoms with Crippen LogP contribution in [0.3, 0.4) is 0 Å². The van der Waals surface area contributed by atoms with E-state index < -0.39 is 0 Å². The van der Waals surface area contributed by atoms with Gasteiger partial charge in [0.2, 0.25) is 0 Å². The van der Waals surface area contributed by atoms with E-state index in [-0.39, 0.29) is 0 Å². The number of halogens is 1. The van der Waals surface area contributed by atoms with Gasteiger partial charge in [0.05, 0.1) is 5.69 Å². The molecule has 13 heavy (non-hydrogen) atoms. The van der Waals surface area contributed by atoms with Crippen molar-refractivity contribution in [3.05, 3.63) is 18.0 Å². The number of rotatable bonds is 4. The lowest BCUT2D eigenvalue weighted by molar-refractivity contribution is 0.534. The average molecular weight is 245 g/mol. The fourth-order valence-electron chi connectivity index (χ4n) is 1.43. The summed E-state index contributed by atoms with van der Waals surface area (Å²) in [7, 11) is 1.96. The Morgan fingerprint density at radius 1 is 1.62 bits per heavy atom. The number of alkyl halides is 1. The predicted octanol–water partition coefficient (Wildman–Crippen LogP) is 2.77. The van der Waals surface area contributed by atoms with E-state index in [4.69, 9.17) is 0 Å². The van der Waals surface area contributed by atoms with Gasteiger partial charge in [0.15, 0.2) is 0 Å². The van der Waals surface area contributed by atoms with Crippen molar-refractivity contribution in [1.29, 1.82) is 0 Å². The molecule has 0 N–H and O–H groups in total. The minimum absolute atomic E-state index is 0.606. The second kappa shape index (κ2) is 4.80. The van der Waals surface area contributed by atoms with E-state index in [1.54, 1.807) is 0 Å². The van der Waals surface area contributed by atoms with Gasteiger partial charge in [-0.25, -0.2) is 0 Å². The van der Waals surface area contributed by atoms with E-state index in [1.165, 1.54) is 12.1 Å². The second-order valence-corrected chi connectivity index (χ2v) is 4.76. The second-order valence-electron chi connectivity index (χ2n) is 3.59. The first kappa shape index (κ1) is 10.8. The molecule has 0 amide bonds. The number of aryl methyl sites for hydroxylation is 1. The molecular weight excluding hydrogens is 228 g/mol. The Balaban J connectivity index is 2.49. The first-order valence-electron chi connectivity index (χ1n) is 4.76. The minimum Gasteiger partial charge on any atom is -0.276 e. The molecule has 0 aromatic carbocycles. The Morgan fingerprint density at radius 3 is 2.77 bits per heavy atom. The maximum absolute atomic E-state index is 4.36. The minimum atomic E-state index is 0.606. The molecule has 0 radical (unpaired) electrons. The van der Waals surface area contributed by atoms with Crippen molar-refractivity contribution in [2.24, 2.45) is 13.0 Å². The third-order valence-electron chi connectivity index (χ3n) is 2.31. The van der Waals surface area contributed by atoms with Crippen LogP contribution in [0.5, 0.6) is 0 Å². The molecular formula is C10H17BrN2. The summed E-state index contributed by atoms with van der Waals surface area (Å²) in [5.41, 5.74) is 1.19. The summed E-state index contributed by atoms with van der Waals surface area (Å²) in [6.07, 6.45) is 4.23. The lowest BCUT2D eigenvalue weighted by Gasteiger charge is -2.14. The SMILES string of the molecule is CCC(Br)C(C)Cc1ccn(C)n1. The van der Waals surface area contributed by atoms with E-state index in [1.807, 2.05) is 17.9 Å². The third-order valence-corrected chi connectivity index (χ3v) is 3.86. The van der Waals surface area contributed by atoms with Gasteiger partial charge in [-0.15, -0.1) is 0 Å². The molecule has 0 aliphatic rings. The summed E-state index contributed by atoms with van der Waals surface area (Å²) >= 11 is 3.67. The maximum Gasteiger partial charge on any atom is 0.0627 e. The molecule has 2 unspecified atom stereocenters. The van der Waals surface area contributed by atoms with E-state index in [0.29, 0.717) is 10.7 Å². The standard InChI is InChI=1S/C10H17BrN2/c1-4-10(11)8(2)7-9-5-6-13(3)12-9/h5-6,8,10H,4,7H2,1-3H3. The monoisotopic (exact) mass is 244 g/mol. The zero-order chi connectivity index (χ0) is 9.84. The zero-order valence-electron chi connectivity index (χ0n) is 8.50. The summed E-state index contributed by atoms with van der Waals surface area (Å²) < 4.78 is 1.86. The molecule has 1 aromatic rings. The summed E-state index contributed by atoms with van der Waals surface area (Å²) in [6.45, 7) is 4.46. The largest absolute Gasteiger partial charge is 0.276 e. The molecule has 74 valence electrons. The van der Waals surface area contributed by atoms with Crippen molar-refractivity contribution in [3.8, 4) is 0 Å². The van der Waals surface area contributed by atoms with Gasteiger partial charge in [-0.3, -0.25) is 4.68 Å². The van der Waals surface area contributed by atoms with Crippen LogP contribution in [-0.2, 0) is 13.5 Å². The zero-order valence-corrected chi connectivity index (χ0v) is 10.1. The number of aromatic nitrogens is 2. The highest BCUT2D eigenvalue weighted by molar-refractivity contribution is 9.09. The Kier molecular flexibility index (Phi) is 3.97. The fraction of sp³-hybridized carbons (Fsp3) is 0.700. The molecule has 0 aliphatic carbocycles. The third kappa shape index (κ3) is 3.14. The van der Waals surface area contributed by atoms with Gasteiger partial charge in [-0.2, -0.15) is 5.10 Å². The van der Waals surface area contributed by atoms with Crippen LogP contribution in [0.15, 0.2) is 12.3 Å². The molecule has 2 atom stereocenters. The fourth-order valence-corrected chi connectivity index (χ4v) is 1.62. The van der Waals surface area contributed by atoms with Crippen LogP contribution in [0.4, 0.5) is 0 Å². The van der Waals surface area contributed by atoms with Gasteiger partial charge in [-0.05, 0) is 24.8 Å². The first-order chi connectivity index (χ1) is 6.13. The topological polar surface area (TPSA) is 17.8 Å². The Bertz CT molecular complexity index is 257. The highest BCUT2D eigenvalue weighted by Gasteiger charge is 2.13. The summed E-state index contributed by atoms with van der Waals surface area (Å²) in [5.74, 6) is 0.653. The highest BCUT2D eigenvalue weighted by atomic mass is 79.9. The van der Waals surface area contributed by atoms with E-state index in [2.05, 4.69) is 40.9 Å². The number of hydrogen-bond donors (Lipinski definition) is 0. The molecule has 0 aliphatic heterocycles. The van der Waals surface area contributed by atoms with E-state index >= 15 is 0 Å². The molecule has 3 heteroatoms. The van der Waals surface area contributed by atoms with Crippen molar-refractivity contribution in [3.63, 3.8) is 0 Å². The summed E-state index contributed by atoms with van der Waals surface area (Å²) in [4.78, 5) is 0.606. The molecule has 1 heterocycles. The van der Waals surface area contributed by atoms with E-state index in [9.17, 15) is 0 Å². The Labute approximate surface area is 88.5 Å². The first-order valence-corrected chi connectivity index (χ1v) is 5.67. The van der Waals surface area contributed by atoms with Gasteiger partial charge >= 0.3 is 0 Å². The lowest BCUT2D eigenvalue weighted by Crippen LogP contribution is -2.12. The quantitative estimate of drug-likeness (QED) is 0.746. The van der Waals surface area contributed by atoms with Gasteiger partial charge in [0.25, 0.3) is 0 Å². The van der Waals surface area contributed by atoms with Gasteiger partial charge in [0.1, 0.15) is 0 Å². The molecule has 2 nitrogen and oxygen atoms in total. The molecule has 0 saturated carbocycles. The molecule has 0 fully saturated rings. The van der Waals surface area contributed by atoms with Gasteiger partial charge in [0, 0.05) is 18.1 Å². The molecule has 1 aromatic heterocycles. The van der Waals surface area contributed by atoms with Crippen LogP contribution < -0.4 is 0 Å². The maximum atomic E-state index is 4.36. The summed E-state index contributed by atoms with van der Waals surface area (Å²) in [5, 5.41) is 4.36. The number of hydrogen-bond acceptors (Lipinski definition) is 1. The Hall–Kier alpha value is -0.310. The predicted molar refractivity (Wildman–Crippen MR) is 59.1 cm³/mol. The van der Waals surface area contributed by atoms with Crippen LogP contribution in [0, 0.1) is 5.92 Å². The molecule has 0 spiro atoms. The molecule has 0 bridgehead atoms. The van der Waals surface area contributed by atoms with Crippen LogP contribution >= 0.6 is 15.9 Å². The summed E-state index contributed by atoms with van der Waals surface area (Å²) in [6, 6.07) is 2.09. The van der Waals surface area contributed by atoms with Crippen molar-refractivity contribution in [2.45, 2.75) is 31.5 Å². The van der Waals surface area contributed by atoms with Crippen molar-refractivity contribution < 1.29 is 0 Å². The highest BCUT2D eigenvalue weighted by Crippen LogP contribution is 2.19. The smallest absolute Gasteiger partial charge is 0.0627 e.